The minimum absolute atomic E-state index is 0.549. The predicted octanol–water partition coefficient (Wildman–Crippen LogP) is 3.91. The molecule has 0 amide bonds. The molecule has 0 fully saturated rings. The van der Waals surface area contributed by atoms with Gasteiger partial charge in [-0.15, -0.1) is 11.6 Å². The largest absolute Gasteiger partial charge is 0.323 e. The highest BCUT2D eigenvalue weighted by atomic mass is 35.5. The van der Waals surface area contributed by atoms with Crippen molar-refractivity contribution in [3.63, 3.8) is 0 Å². The van der Waals surface area contributed by atoms with Gasteiger partial charge < -0.3 is 4.57 Å². The van der Waals surface area contributed by atoms with E-state index in [0.717, 1.165) is 29.8 Å². The molecule has 0 saturated heterocycles. The van der Waals surface area contributed by atoms with Crippen LogP contribution < -0.4 is 0 Å². The number of rotatable bonds is 4. The van der Waals surface area contributed by atoms with E-state index in [-0.39, 0.29) is 0 Å². The Morgan fingerprint density at radius 2 is 1.90 bits per heavy atom. The molecule has 0 atom stereocenters. The van der Waals surface area contributed by atoms with E-state index in [4.69, 9.17) is 23.2 Å². The second kappa shape index (κ2) is 5.81. The number of fused-ring (bicyclic) bond motifs is 1. The van der Waals surface area contributed by atoms with E-state index in [1.165, 1.54) is 5.56 Å². The van der Waals surface area contributed by atoms with Crippen LogP contribution in [-0.4, -0.2) is 20.4 Å². The zero-order valence-electron chi connectivity index (χ0n) is 10.8. The van der Waals surface area contributed by atoms with Gasteiger partial charge in [0.05, 0.1) is 11.0 Å². The van der Waals surface area contributed by atoms with Crippen LogP contribution in [0.3, 0.4) is 0 Å². The summed E-state index contributed by atoms with van der Waals surface area (Å²) in [6.45, 7) is 0.757. The zero-order chi connectivity index (χ0) is 13.9. The summed E-state index contributed by atoms with van der Waals surface area (Å²) in [7, 11) is 0. The van der Waals surface area contributed by atoms with Crippen LogP contribution in [0.25, 0.3) is 11.0 Å². The molecule has 5 heteroatoms. The molecule has 0 spiro atoms. The smallest absolute Gasteiger partial charge is 0.111 e. The maximum atomic E-state index is 6.03. The van der Waals surface area contributed by atoms with Crippen molar-refractivity contribution in [1.29, 1.82) is 0 Å². The number of pyridine rings is 1. The third kappa shape index (κ3) is 2.65. The summed E-state index contributed by atoms with van der Waals surface area (Å²) in [5.41, 5.74) is 3.17. The topological polar surface area (TPSA) is 30.7 Å². The van der Waals surface area contributed by atoms with Gasteiger partial charge in [0.1, 0.15) is 5.82 Å². The number of hydrogen-bond donors (Lipinski definition) is 0. The lowest BCUT2D eigenvalue weighted by Crippen LogP contribution is -2.06. The Bertz CT molecular complexity index is 723. The third-order valence-electron chi connectivity index (χ3n) is 3.20. The number of aromatic nitrogens is 3. The van der Waals surface area contributed by atoms with Crippen molar-refractivity contribution in [2.45, 2.75) is 13.0 Å². The number of benzene rings is 1. The van der Waals surface area contributed by atoms with Gasteiger partial charge in [-0.05, 0) is 35.9 Å². The normalized spacial score (nSPS) is 11.1. The molecule has 0 bridgehead atoms. The van der Waals surface area contributed by atoms with Gasteiger partial charge >= 0.3 is 0 Å². The molecule has 3 rings (SSSR count). The quantitative estimate of drug-likeness (QED) is 0.684. The Hall–Kier alpha value is -1.58. The van der Waals surface area contributed by atoms with Gasteiger partial charge in [-0.1, -0.05) is 11.6 Å². The van der Waals surface area contributed by atoms with Crippen molar-refractivity contribution in [3.8, 4) is 0 Å². The molecular weight excluding hydrogens is 293 g/mol. The van der Waals surface area contributed by atoms with Crippen molar-refractivity contribution in [1.82, 2.24) is 14.5 Å². The van der Waals surface area contributed by atoms with Gasteiger partial charge in [-0.2, -0.15) is 0 Å². The first-order valence-electron chi connectivity index (χ1n) is 6.37. The van der Waals surface area contributed by atoms with Gasteiger partial charge in [0.2, 0.25) is 0 Å². The lowest BCUT2D eigenvalue weighted by Gasteiger charge is -2.08. The molecule has 0 aliphatic carbocycles. The van der Waals surface area contributed by atoms with E-state index >= 15 is 0 Å². The molecule has 20 heavy (non-hydrogen) atoms. The van der Waals surface area contributed by atoms with E-state index in [0.29, 0.717) is 10.9 Å². The standard InChI is InChI=1S/C15H13Cl2N3/c16-6-3-15-19-13-9-12(17)1-2-14(13)20(15)10-11-4-7-18-8-5-11/h1-2,4-5,7-9H,3,6,10H2. The summed E-state index contributed by atoms with van der Waals surface area (Å²) >= 11 is 11.9. The van der Waals surface area contributed by atoms with Crippen molar-refractivity contribution in [2.75, 3.05) is 5.88 Å². The number of halogens is 2. The second-order valence-electron chi connectivity index (χ2n) is 4.54. The van der Waals surface area contributed by atoms with E-state index < -0.39 is 0 Å². The Balaban J connectivity index is 2.09. The number of imidazole rings is 1. The van der Waals surface area contributed by atoms with Gasteiger partial charge in [0, 0.05) is 36.3 Å². The van der Waals surface area contributed by atoms with E-state index in [2.05, 4.69) is 14.5 Å². The zero-order valence-corrected chi connectivity index (χ0v) is 12.3. The highest BCUT2D eigenvalue weighted by Crippen LogP contribution is 2.22. The number of alkyl halides is 1. The minimum atomic E-state index is 0.549. The average molecular weight is 306 g/mol. The van der Waals surface area contributed by atoms with Crippen LogP contribution in [0.1, 0.15) is 11.4 Å². The first-order chi connectivity index (χ1) is 9.78. The van der Waals surface area contributed by atoms with Crippen molar-refractivity contribution < 1.29 is 0 Å². The Labute approximate surface area is 127 Å². The van der Waals surface area contributed by atoms with Crippen LogP contribution in [0.5, 0.6) is 0 Å². The Kier molecular flexibility index (Phi) is 3.90. The van der Waals surface area contributed by atoms with Gasteiger partial charge in [0.25, 0.3) is 0 Å². The predicted molar refractivity (Wildman–Crippen MR) is 82.5 cm³/mol. The summed E-state index contributed by atoms with van der Waals surface area (Å²) < 4.78 is 2.18. The van der Waals surface area contributed by atoms with Crippen LogP contribution >= 0.6 is 23.2 Å². The number of hydrogen-bond acceptors (Lipinski definition) is 2. The van der Waals surface area contributed by atoms with Crippen LogP contribution in [0.4, 0.5) is 0 Å². The molecule has 0 radical (unpaired) electrons. The third-order valence-corrected chi connectivity index (χ3v) is 3.62. The van der Waals surface area contributed by atoms with E-state index in [9.17, 15) is 0 Å². The fourth-order valence-electron chi connectivity index (χ4n) is 2.28. The lowest BCUT2D eigenvalue weighted by atomic mass is 10.2. The Morgan fingerprint density at radius 1 is 1.10 bits per heavy atom. The van der Waals surface area contributed by atoms with Crippen LogP contribution in [-0.2, 0) is 13.0 Å². The molecule has 0 aliphatic rings. The molecule has 0 N–H and O–H groups in total. The molecular formula is C15H13Cl2N3. The molecule has 3 nitrogen and oxygen atoms in total. The monoisotopic (exact) mass is 305 g/mol. The van der Waals surface area contributed by atoms with E-state index in [1.807, 2.05) is 30.3 Å². The molecule has 2 aromatic heterocycles. The maximum absolute atomic E-state index is 6.03. The summed E-state index contributed by atoms with van der Waals surface area (Å²) in [6, 6.07) is 9.79. The second-order valence-corrected chi connectivity index (χ2v) is 5.36. The van der Waals surface area contributed by atoms with Crippen LogP contribution in [0.2, 0.25) is 5.02 Å². The van der Waals surface area contributed by atoms with Crippen molar-refractivity contribution >= 4 is 34.2 Å². The summed E-state index contributed by atoms with van der Waals surface area (Å²) in [5.74, 6) is 1.53. The molecule has 1 aromatic carbocycles. The first kappa shape index (κ1) is 13.4. The average Bonchev–Trinajstić information content (AvgIpc) is 2.77. The summed E-state index contributed by atoms with van der Waals surface area (Å²) in [4.78, 5) is 8.68. The summed E-state index contributed by atoms with van der Waals surface area (Å²) in [6.07, 6.45) is 4.33. The molecule has 102 valence electrons. The Morgan fingerprint density at radius 3 is 2.65 bits per heavy atom. The van der Waals surface area contributed by atoms with Gasteiger partial charge in [-0.3, -0.25) is 4.98 Å². The number of aryl methyl sites for hydroxylation is 1. The van der Waals surface area contributed by atoms with Crippen molar-refractivity contribution in [2.24, 2.45) is 0 Å². The van der Waals surface area contributed by atoms with Gasteiger partial charge in [-0.25, -0.2) is 4.98 Å². The van der Waals surface area contributed by atoms with Crippen molar-refractivity contribution in [3.05, 3.63) is 59.1 Å². The van der Waals surface area contributed by atoms with E-state index in [1.54, 1.807) is 12.4 Å². The maximum Gasteiger partial charge on any atom is 0.111 e. The molecule has 0 saturated carbocycles. The van der Waals surface area contributed by atoms with Gasteiger partial charge in [0.15, 0.2) is 0 Å². The summed E-state index contributed by atoms with van der Waals surface area (Å²) in [5, 5.41) is 0.698. The van der Waals surface area contributed by atoms with Crippen LogP contribution in [0, 0.1) is 0 Å². The fourth-order valence-corrected chi connectivity index (χ4v) is 2.61. The molecule has 2 heterocycles. The first-order valence-corrected chi connectivity index (χ1v) is 7.28. The molecule has 3 aromatic rings. The fraction of sp³-hybridized carbons (Fsp3) is 0.200. The minimum Gasteiger partial charge on any atom is -0.323 e. The highest BCUT2D eigenvalue weighted by molar-refractivity contribution is 6.31. The molecule has 0 aliphatic heterocycles. The number of nitrogens with zero attached hydrogens (tertiary/aromatic N) is 3. The lowest BCUT2D eigenvalue weighted by molar-refractivity contribution is 0.753. The van der Waals surface area contributed by atoms with Crippen LogP contribution in [0.15, 0.2) is 42.7 Å². The SMILES string of the molecule is ClCCc1nc2cc(Cl)ccc2n1Cc1ccncc1. The highest BCUT2D eigenvalue weighted by Gasteiger charge is 2.11. The molecule has 0 unspecified atom stereocenters.